The summed E-state index contributed by atoms with van der Waals surface area (Å²) in [7, 11) is 0. The third kappa shape index (κ3) is 3.81. The molecular weight excluding hydrogens is 583 g/mol. The van der Waals surface area contributed by atoms with Gasteiger partial charge in [0.05, 0.1) is 33.7 Å². The molecule has 3 heteroatoms. The van der Waals surface area contributed by atoms with Crippen LogP contribution >= 0.6 is 0 Å². The molecule has 0 aliphatic heterocycles. The summed E-state index contributed by atoms with van der Waals surface area (Å²) in [6, 6.07) is 60.9. The summed E-state index contributed by atoms with van der Waals surface area (Å²) in [6.07, 6.45) is 0. The summed E-state index contributed by atoms with van der Waals surface area (Å²) in [5.74, 6) is 0. The molecule has 0 radical (unpaired) electrons. The number of fused-ring (bicyclic) bond motifs is 9. The van der Waals surface area contributed by atoms with Crippen LogP contribution in [0.4, 0.5) is 0 Å². The van der Waals surface area contributed by atoms with Gasteiger partial charge in [-0.05, 0) is 99.4 Å². The lowest BCUT2D eigenvalue weighted by Crippen LogP contribution is -1.94. The van der Waals surface area contributed by atoms with E-state index in [1.54, 1.807) is 0 Å². The topological polar surface area (TPSA) is 33.6 Å². The number of hydrogen-bond acceptors (Lipinski definition) is 1. The summed E-state index contributed by atoms with van der Waals surface area (Å²) in [4.78, 5) is 0. The van der Waals surface area contributed by atoms with Crippen molar-refractivity contribution in [3.05, 3.63) is 169 Å². The lowest BCUT2D eigenvalue weighted by molar-refractivity contribution is 1.18. The van der Waals surface area contributed by atoms with Crippen LogP contribution in [-0.2, 0) is 0 Å². The van der Waals surface area contributed by atoms with Crippen LogP contribution in [0.2, 0.25) is 0 Å². The van der Waals surface area contributed by atoms with E-state index in [4.69, 9.17) is 0 Å². The Labute approximate surface area is 276 Å². The van der Waals surface area contributed by atoms with Gasteiger partial charge in [-0.2, -0.15) is 5.26 Å². The molecular formula is C45H27N3. The van der Waals surface area contributed by atoms with Crippen LogP contribution in [0.15, 0.2) is 164 Å². The molecule has 0 saturated heterocycles. The quantitative estimate of drug-likeness (QED) is 0.183. The van der Waals surface area contributed by atoms with E-state index in [0.717, 1.165) is 22.1 Å². The van der Waals surface area contributed by atoms with Crippen LogP contribution in [0.3, 0.4) is 0 Å². The van der Waals surface area contributed by atoms with Crippen LogP contribution < -0.4 is 0 Å². The summed E-state index contributed by atoms with van der Waals surface area (Å²) in [5.41, 5.74) is 10.1. The highest BCUT2D eigenvalue weighted by Gasteiger charge is 2.18. The molecule has 0 atom stereocenters. The number of benzene rings is 8. The standard InChI is InChI=1S/C45H27N3/c46-28-29-17-23-35-31(25-29)19-18-30-20-22-34(27-39(30)35)48-42-15-7-5-12-38(42)45-36(13-8-16-44(45)48)32-21-24-43-40(26-32)37-11-4-6-14-41(37)47(43)33-9-2-1-3-10-33/h1-27H. The Balaban J connectivity index is 1.22. The van der Waals surface area contributed by atoms with Crippen LogP contribution in [0.1, 0.15) is 5.56 Å². The number of rotatable bonds is 3. The SMILES string of the molecule is N#Cc1ccc2c(ccc3ccc(-n4c5ccccc5c5c(-c6ccc7c(c6)c6ccccc6n7-c6ccccc6)cccc54)cc32)c1. The van der Waals surface area contributed by atoms with Crippen molar-refractivity contribution >= 4 is 65.2 Å². The van der Waals surface area contributed by atoms with Crippen molar-refractivity contribution in [3.8, 4) is 28.6 Å². The van der Waals surface area contributed by atoms with Gasteiger partial charge in [-0.25, -0.2) is 0 Å². The van der Waals surface area contributed by atoms with E-state index in [1.165, 1.54) is 65.5 Å². The first-order valence-electron chi connectivity index (χ1n) is 16.2. The van der Waals surface area contributed by atoms with E-state index in [1.807, 2.05) is 12.1 Å². The zero-order valence-corrected chi connectivity index (χ0v) is 25.9. The largest absolute Gasteiger partial charge is 0.309 e. The van der Waals surface area contributed by atoms with Gasteiger partial charge in [-0.15, -0.1) is 0 Å². The molecule has 222 valence electrons. The Kier molecular flexibility index (Phi) is 5.64. The molecule has 10 aromatic rings. The zero-order chi connectivity index (χ0) is 31.8. The van der Waals surface area contributed by atoms with E-state index < -0.39 is 0 Å². The predicted octanol–water partition coefficient (Wildman–Crippen LogP) is 11.7. The van der Waals surface area contributed by atoms with Gasteiger partial charge in [0.15, 0.2) is 0 Å². The van der Waals surface area contributed by atoms with Gasteiger partial charge in [-0.1, -0.05) is 97.1 Å². The van der Waals surface area contributed by atoms with Gasteiger partial charge in [0, 0.05) is 32.9 Å². The molecule has 0 saturated carbocycles. The summed E-state index contributed by atoms with van der Waals surface area (Å²) in [5, 5.41) is 19.0. The van der Waals surface area contributed by atoms with E-state index in [0.29, 0.717) is 5.56 Å². The van der Waals surface area contributed by atoms with E-state index >= 15 is 0 Å². The first-order chi connectivity index (χ1) is 23.8. The van der Waals surface area contributed by atoms with E-state index in [-0.39, 0.29) is 0 Å². The maximum Gasteiger partial charge on any atom is 0.0991 e. The molecule has 0 aliphatic rings. The predicted molar refractivity (Wildman–Crippen MR) is 200 cm³/mol. The number of hydrogen-bond donors (Lipinski definition) is 0. The summed E-state index contributed by atoms with van der Waals surface area (Å²) >= 11 is 0. The fourth-order valence-corrected chi connectivity index (χ4v) is 7.79. The van der Waals surface area contributed by atoms with Gasteiger partial charge in [0.1, 0.15) is 0 Å². The summed E-state index contributed by atoms with van der Waals surface area (Å²) < 4.78 is 4.77. The number of nitrogens with zero attached hydrogens (tertiary/aromatic N) is 3. The van der Waals surface area contributed by atoms with Crippen LogP contribution in [-0.4, -0.2) is 9.13 Å². The minimum Gasteiger partial charge on any atom is -0.309 e. The molecule has 2 aromatic heterocycles. The molecule has 48 heavy (non-hydrogen) atoms. The fourth-order valence-electron chi connectivity index (χ4n) is 7.79. The van der Waals surface area contributed by atoms with Crippen molar-refractivity contribution in [2.24, 2.45) is 0 Å². The third-order valence-electron chi connectivity index (χ3n) is 9.90. The van der Waals surface area contributed by atoms with Gasteiger partial charge < -0.3 is 9.13 Å². The molecule has 2 heterocycles. The lowest BCUT2D eigenvalue weighted by atomic mass is 9.98. The molecule has 0 aliphatic carbocycles. The number of para-hydroxylation sites is 3. The maximum absolute atomic E-state index is 9.48. The Bertz CT molecular complexity index is 2950. The zero-order valence-electron chi connectivity index (χ0n) is 25.9. The molecule has 0 bridgehead atoms. The first kappa shape index (κ1) is 26.6. The van der Waals surface area contributed by atoms with Crippen molar-refractivity contribution in [2.75, 3.05) is 0 Å². The molecule has 0 fully saturated rings. The molecule has 10 rings (SSSR count). The van der Waals surface area contributed by atoms with Crippen molar-refractivity contribution in [2.45, 2.75) is 0 Å². The second-order valence-electron chi connectivity index (χ2n) is 12.5. The van der Waals surface area contributed by atoms with Gasteiger partial charge in [0.2, 0.25) is 0 Å². The second-order valence-corrected chi connectivity index (χ2v) is 12.5. The van der Waals surface area contributed by atoms with Crippen molar-refractivity contribution < 1.29 is 0 Å². The normalized spacial score (nSPS) is 11.7. The minimum atomic E-state index is 0.677. The molecule has 0 amide bonds. The Morgan fingerprint density at radius 3 is 1.94 bits per heavy atom. The average molecular weight is 610 g/mol. The Morgan fingerprint density at radius 1 is 0.396 bits per heavy atom. The van der Waals surface area contributed by atoms with Crippen molar-refractivity contribution in [1.29, 1.82) is 5.26 Å². The molecule has 0 N–H and O–H groups in total. The molecule has 0 spiro atoms. The Hall–Kier alpha value is -6.63. The monoisotopic (exact) mass is 609 g/mol. The third-order valence-corrected chi connectivity index (χ3v) is 9.90. The van der Waals surface area contributed by atoms with Gasteiger partial charge >= 0.3 is 0 Å². The molecule has 3 nitrogen and oxygen atoms in total. The second kappa shape index (κ2) is 10.2. The minimum absolute atomic E-state index is 0.677. The first-order valence-corrected chi connectivity index (χ1v) is 16.2. The van der Waals surface area contributed by atoms with Crippen LogP contribution in [0.25, 0.3) is 87.7 Å². The maximum atomic E-state index is 9.48. The Morgan fingerprint density at radius 2 is 1.08 bits per heavy atom. The van der Waals surface area contributed by atoms with Crippen LogP contribution in [0.5, 0.6) is 0 Å². The lowest BCUT2D eigenvalue weighted by Gasteiger charge is -2.12. The highest BCUT2D eigenvalue weighted by molar-refractivity contribution is 6.18. The highest BCUT2D eigenvalue weighted by Crippen LogP contribution is 2.41. The fraction of sp³-hybridized carbons (Fsp3) is 0. The molecule has 8 aromatic carbocycles. The van der Waals surface area contributed by atoms with E-state index in [2.05, 4.69) is 167 Å². The average Bonchev–Trinajstić information content (AvgIpc) is 3.67. The number of aromatic nitrogens is 2. The van der Waals surface area contributed by atoms with Crippen molar-refractivity contribution in [3.63, 3.8) is 0 Å². The van der Waals surface area contributed by atoms with E-state index in [9.17, 15) is 5.26 Å². The van der Waals surface area contributed by atoms with Crippen molar-refractivity contribution in [1.82, 2.24) is 9.13 Å². The van der Waals surface area contributed by atoms with Crippen LogP contribution in [0, 0.1) is 11.3 Å². The summed E-state index contributed by atoms with van der Waals surface area (Å²) in [6.45, 7) is 0. The molecule has 0 unspecified atom stereocenters. The van der Waals surface area contributed by atoms with Gasteiger partial charge in [0.25, 0.3) is 0 Å². The van der Waals surface area contributed by atoms with Gasteiger partial charge in [-0.3, -0.25) is 0 Å². The highest BCUT2D eigenvalue weighted by atomic mass is 15.0. The smallest absolute Gasteiger partial charge is 0.0991 e. The number of nitriles is 1.